The maximum absolute atomic E-state index is 13.2. The summed E-state index contributed by atoms with van der Waals surface area (Å²) in [5, 5.41) is 0.988. The molecule has 2 aliphatic heterocycles. The third kappa shape index (κ3) is 3.57. The van der Waals surface area contributed by atoms with Gasteiger partial charge in [-0.2, -0.15) is 0 Å². The molecule has 0 aliphatic carbocycles. The number of anilines is 3. The molecule has 0 saturated carbocycles. The molecule has 186 valence electrons. The quantitative estimate of drug-likeness (QED) is 0.252. The Morgan fingerprint density at radius 2 is 1.49 bits per heavy atom. The van der Waals surface area contributed by atoms with E-state index in [-0.39, 0.29) is 5.97 Å². The fraction of sp³-hybridized carbons (Fsp3) is 0.167. The van der Waals surface area contributed by atoms with E-state index in [0.29, 0.717) is 33.7 Å². The summed E-state index contributed by atoms with van der Waals surface area (Å²) in [5.74, 6) is 0.947. The van der Waals surface area contributed by atoms with Crippen LogP contribution in [-0.4, -0.2) is 26.6 Å². The number of hydrogen-bond acceptors (Lipinski definition) is 5. The summed E-state index contributed by atoms with van der Waals surface area (Å²) >= 11 is 12.5. The van der Waals surface area contributed by atoms with Crippen LogP contribution in [0.3, 0.4) is 0 Å². The zero-order valence-electron chi connectivity index (χ0n) is 20.6. The van der Waals surface area contributed by atoms with Crippen molar-refractivity contribution in [2.75, 3.05) is 30.4 Å². The maximum Gasteiger partial charge on any atom is 0.340 e. The predicted molar refractivity (Wildman–Crippen MR) is 148 cm³/mol. The second-order valence-corrected chi connectivity index (χ2v) is 10.1. The summed E-state index contributed by atoms with van der Waals surface area (Å²) in [7, 11) is 3.96. The highest BCUT2D eigenvalue weighted by atomic mass is 35.5. The Bertz CT molecular complexity index is 1570. The summed E-state index contributed by atoms with van der Waals surface area (Å²) in [6.07, 6.45) is 0. The van der Waals surface area contributed by atoms with Crippen molar-refractivity contribution in [3.8, 4) is 11.5 Å². The molecule has 0 aromatic heterocycles. The van der Waals surface area contributed by atoms with E-state index in [9.17, 15) is 4.79 Å². The Balaban J connectivity index is 1.58. The van der Waals surface area contributed by atoms with Crippen molar-refractivity contribution >= 4 is 46.2 Å². The number of nitrogens with zero attached hydrogens (tertiary/aromatic N) is 2. The SMILES string of the molecule is CCN(c1ccc(Cl)c(Cl)c1)c1ccc2c(c1)C1(OC(=O)c3ccccc31)c1ccc(N(C)C)cc1O2. The minimum Gasteiger partial charge on any atom is -0.456 e. The number of halogens is 2. The van der Waals surface area contributed by atoms with Gasteiger partial charge in [-0.25, -0.2) is 4.79 Å². The molecule has 1 spiro atoms. The fourth-order valence-corrected chi connectivity index (χ4v) is 5.55. The second-order valence-electron chi connectivity index (χ2n) is 9.32. The lowest BCUT2D eigenvalue weighted by molar-refractivity contribution is 0.0224. The van der Waals surface area contributed by atoms with E-state index in [4.69, 9.17) is 32.7 Å². The first-order valence-corrected chi connectivity index (χ1v) is 12.8. The standard InChI is InChI=1S/C30H24Cl2N2O3/c1-4-34(20-10-13-25(31)26(32)16-20)19-11-14-27-24(15-19)30(22-8-6-5-7-21(22)29(35)37-30)23-12-9-18(33(2)3)17-28(23)36-27/h5-17H,4H2,1-3H3. The number of ether oxygens (including phenoxy) is 2. The number of rotatable bonds is 4. The van der Waals surface area contributed by atoms with Crippen molar-refractivity contribution in [1.82, 2.24) is 0 Å². The summed E-state index contributed by atoms with van der Waals surface area (Å²) in [4.78, 5) is 17.3. The molecule has 0 N–H and O–H groups in total. The summed E-state index contributed by atoms with van der Waals surface area (Å²) in [6, 6.07) is 25.1. The molecule has 37 heavy (non-hydrogen) atoms. The summed E-state index contributed by atoms with van der Waals surface area (Å²) < 4.78 is 12.8. The van der Waals surface area contributed by atoms with E-state index < -0.39 is 5.60 Å². The van der Waals surface area contributed by atoms with E-state index in [1.165, 1.54) is 0 Å². The van der Waals surface area contributed by atoms with Crippen LogP contribution in [0, 0.1) is 0 Å². The number of fused-ring (bicyclic) bond motifs is 6. The molecule has 2 heterocycles. The average Bonchev–Trinajstić information content (AvgIpc) is 3.19. The Morgan fingerprint density at radius 1 is 0.757 bits per heavy atom. The Labute approximate surface area is 225 Å². The van der Waals surface area contributed by atoms with Gasteiger partial charge < -0.3 is 19.3 Å². The van der Waals surface area contributed by atoms with Crippen molar-refractivity contribution in [3.63, 3.8) is 0 Å². The topological polar surface area (TPSA) is 42.0 Å². The zero-order chi connectivity index (χ0) is 25.9. The van der Waals surface area contributed by atoms with Gasteiger partial charge in [-0.3, -0.25) is 0 Å². The van der Waals surface area contributed by atoms with E-state index in [2.05, 4.69) is 11.8 Å². The molecule has 7 heteroatoms. The highest BCUT2D eigenvalue weighted by Gasteiger charge is 2.53. The van der Waals surface area contributed by atoms with Crippen LogP contribution in [0.2, 0.25) is 10.0 Å². The van der Waals surface area contributed by atoms with Gasteiger partial charge in [0.05, 0.1) is 15.6 Å². The van der Waals surface area contributed by atoms with Crippen molar-refractivity contribution < 1.29 is 14.3 Å². The fourth-order valence-electron chi connectivity index (χ4n) is 5.26. The molecule has 0 radical (unpaired) electrons. The predicted octanol–water partition coefficient (Wildman–Crippen LogP) is 7.79. The zero-order valence-corrected chi connectivity index (χ0v) is 22.1. The van der Waals surface area contributed by atoms with Crippen molar-refractivity contribution in [3.05, 3.63) is 111 Å². The van der Waals surface area contributed by atoms with Crippen LogP contribution in [-0.2, 0) is 10.3 Å². The van der Waals surface area contributed by atoms with Crippen LogP contribution in [0.5, 0.6) is 11.5 Å². The molecule has 0 fully saturated rings. The average molecular weight is 531 g/mol. The molecule has 4 aromatic carbocycles. The normalized spacial score (nSPS) is 16.9. The minimum atomic E-state index is -1.13. The lowest BCUT2D eigenvalue weighted by Crippen LogP contribution is -2.33. The summed E-state index contributed by atoms with van der Waals surface area (Å²) in [6.45, 7) is 2.75. The monoisotopic (exact) mass is 530 g/mol. The van der Waals surface area contributed by atoms with Crippen LogP contribution in [0.4, 0.5) is 17.1 Å². The van der Waals surface area contributed by atoms with Crippen LogP contribution in [0.1, 0.15) is 34.0 Å². The van der Waals surface area contributed by atoms with E-state index in [1.54, 1.807) is 6.07 Å². The van der Waals surface area contributed by atoms with Crippen LogP contribution in [0.15, 0.2) is 78.9 Å². The van der Waals surface area contributed by atoms with Crippen LogP contribution >= 0.6 is 23.2 Å². The summed E-state index contributed by atoms with van der Waals surface area (Å²) in [5.41, 5.74) is 4.60. The number of carbonyl (C=O) groups excluding carboxylic acids is 1. The maximum atomic E-state index is 13.2. The molecular formula is C30H24Cl2N2O3. The van der Waals surface area contributed by atoms with Gasteiger partial charge in [0, 0.05) is 60.5 Å². The molecular weight excluding hydrogens is 507 g/mol. The molecule has 0 saturated heterocycles. The molecule has 4 aromatic rings. The Kier molecular flexibility index (Phi) is 5.59. The smallest absolute Gasteiger partial charge is 0.340 e. The van der Waals surface area contributed by atoms with Crippen molar-refractivity contribution in [2.24, 2.45) is 0 Å². The molecule has 2 aliphatic rings. The van der Waals surface area contributed by atoms with Gasteiger partial charge in [-0.1, -0.05) is 41.4 Å². The van der Waals surface area contributed by atoms with Gasteiger partial charge in [-0.05, 0) is 61.5 Å². The molecule has 1 unspecified atom stereocenters. The Hall–Kier alpha value is -3.67. The van der Waals surface area contributed by atoms with E-state index >= 15 is 0 Å². The van der Waals surface area contributed by atoms with Crippen LogP contribution in [0.25, 0.3) is 0 Å². The van der Waals surface area contributed by atoms with Gasteiger partial charge in [-0.15, -0.1) is 0 Å². The van der Waals surface area contributed by atoms with Crippen molar-refractivity contribution in [2.45, 2.75) is 12.5 Å². The highest BCUT2D eigenvalue weighted by molar-refractivity contribution is 6.42. The van der Waals surface area contributed by atoms with E-state index in [0.717, 1.165) is 33.8 Å². The number of benzene rings is 4. The lowest BCUT2D eigenvalue weighted by Gasteiger charge is -2.38. The molecule has 1 atom stereocenters. The molecule has 6 rings (SSSR count). The minimum absolute atomic E-state index is 0.353. The number of hydrogen-bond donors (Lipinski definition) is 0. The van der Waals surface area contributed by atoms with Gasteiger partial charge in [0.2, 0.25) is 0 Å². The third-order valence-electron chi connectivity index (χ3n) is 7.04. The number of esters is 1. The first-order chi connectivity index (χ1) is 17.8. The van der Waals surface area contributed by atoms with Gasteiger partial charge in [0.15, 0.2) is 5.60 Å². The van der Waals surface area contributed by atoms with Gasteiger partial charge >= 0.3 is 5.97 Å². The van der Waals surface area contributed by atoms with Crippen molar-refractivity contribution in [1.29, 1.82) is 0 Å². The highest BCUT2D eigenvalue weighted by Crippen LogP contribution is 2.57. The Morgan fingerprint density at radius 3 is 2.24 bits per heavy atom. The van der Waals surface area contributed by atoms with Gasteiger partial charge in [0.25, 0.3) is 0 Å². The first kappa shape index (κ1) is 23.7. The largest absolute Gasteiger partial charge is 0.456 e. The molecule has 5 nitrogen and oxygen atoms in total. The number of carbonyl (C=O) groups is 1. The molecule has 0 amide bonds. The molecule has 0 bridgehead atoms. The van der Waals surface area contributed by atoms with Gasteiger partial charge in [0.1, 0.15) is 11.5 Å². The van der Waals surface area contributed by atoms with Crippen LogP contribution < -0.4 is 14.5 Å². The third-order valence-corrected chi connectivity index (χ3v) is 7.78. The van der Waals surface area contributed by atoms with E-state index in [1.807, 2.05) is 91.8 Å². The first-order valence-electron chi connectivity index (χ1n) is 12.0. The second kappa shape index (κ2) is 8.72. The lowest BCUT2D eigenvalue weighted by atomic mass is 9.77.